The van der Waals surface area contributed by atoms with Crippen molar-refractivity contribution in [2.75, 3.05) is 0 Å². The van der Waals surface area contributed by atoms with Crippen molar-refractivity contribution in [3.05, 3.63) is 197 Å². The molecule has 3 heterocycles. The van der Waals surface area contributed by atoms with E-state index in [1.165, 1.54) is 44.4 Å². The van der Waals surface area contributed by atoms with Gasteiger partial charge in [0, 0.05) is 24.1 Å². The minimum absolute atomic E-state index is 0.209. The average molecular weight is 774 g/mol. The molecule has 0 radical (unpaired) electrons. The summed E-state index contributed by atoms with van der Waals surface area (Å²) in [6.07, 6.45) is 5.72. The summed E-state index contributed by atoms with van der Waals surface area (Å²) in [4.78, 5) is 13.2. The molecule has 6 aromatic carbocycles. The van der Waals surface area contributed by atoms with E-state index < -0.39 is 0 Å². The van der Waals surface area contributed by atoms with Gasteiger partial charge in [0.25, 0.3) is 0 Å². The van der Waals surface area contributed by atoms with Gasteiger partial charge in [0.1, 0.15) is 0 Å². The van der Waals surface area contributed by atoms with E-state index in [1.807, 2.05) is 55.4 Å². The number of aryl methyl sites for hydroxylation is 1. The van der Waals surface area contributed by atoms with Crippen molar-refractivity contribution in [2.24, 2.45) is 0 Å². The molecule has 0 fully saturated rings. The van der Waals surface area contributed by atoms with Gasteiger partial charge in [-0.3, -0.25) is 0 Å². The van der Waals surface area contributed by atoms with Gasteiger partial charge in [-0.1, -0.05) is 139 Å². The van der Waals surface area contributed by atoms with Crippen LogP contribution in [0.25, 0.3) is 33.1 Å². The van der Waals surface area contributed by atoms with E-state index in [2.05, 4.69) is 181 Å². The average Bonchev–Trinajstić information content (AvgIpc) is 3.91. The fraction of sp³-hybridized carbons (Fsp3) is 0.170. The third-order valence-corrected chi connectivity index (χ3v) is 10.0. The zero-order valence-electron chi connectivity index (χ0n) is 31.3. The van der Waals surface area contributed by atoms with Crippen LogP contribution in [-0.4, -0.2) is 28.7 Å². The summed E-state index contributed by atoms with van der Waals surface area (Å²) in [5, 5.41) is 0. The maximum atomic E-state index is 4.43. The van der Waals surface area contributed by atoms with Crippen LogP contribution in [0.4, 0.5) is 0 Å². The van der Waals surface area contributed by atoms with E-state index in [0.29, 0.717) is 0 Å². The second kappa shape index (κ2) is 16.5. The molecule has 0 bridgehead atoms. The molecule has 0 amide bonds. The lowest BCUT2D eigenvalue weighted by Gasteiger charge is -2.19. The monoisotopic (exact) mass is 772 g/mol. The van der Waals surface area contributed by atoms with Crippen LogP contribution in [0.3, 0.4) is 0 Å². The molecule has 0 saturated heterocycles. The summed E-state index contributed by atoms with van der Waals surface area (Å²) in [6.45, 7) is 11.4. The van der Waals surface area contributed by atoms with E-state index in [0.717, 1.165) is 40.7 Å². The lowest BCUT2D eigenvalue weighted by Crippen LogP contribution is -2.10. The molecule has 0 aliphatic rings. The van der Waals surface area contributed by atoms with Crippen molar-refractivity contribution in [2.45, 2.75) is 52.7 Å². The maximum Gasteiger partial charge on any atom is 0.0961 e. The van der Waals surface area contributed by atoms with Crippen molar-refractivity contribution in [1.29, 1.82) is 0 Å². The Labute approximate surface area is 325 Å². The molecule has 3 aromatic heterocycles. The van der Waals surface area contributed by atoms with Crippen molar-refractivity contribution >= 4 is 49.0 Å². The number of para-hydroxylation sites is 6. The van der Waals surface area contributed by atoms with Gasteiger partial charge in [-0.05, 0) is 83.1 Å². The number of aromatic nitrogens is 6. The molecule has 7 heteroatoms. The van der Waals surface area contributed by atoms with Crippen molar-refractivity contribution in [3.63, 3.8) is 0 Å². The van der Waals surface area contributed by atoms with Crippen LogP contribution in [0.15, 0.2) is 169 Å². The first-order valence-corrected chi connectivity index (χ1v) is 19.1. The maximum absolute atomic E-state index is 4.43. The number of rotatable bonds is 6. The Morgan fingerprint density at radius 1 is 0.444 bits per heavy atom. The van der Waals surface area contributed by atoms with Crippen molar-refractivity contribution in [1.82, 2.24) is 28.7 Å². The van der Waals surface area contributed by atoms with E-state index >= 15 is 0 Å². The topological polar surface area (TPSA) is 53.5 Å². The summed E-state index contributed by atoms with van der Waals surface area (Å²) >= 11 is 3.44. The summed E-state index contributed by atoms with van der Waals surface area (Å²) in [5.41, 5.74) is 13.5. The Kier molecular flexibility index (Phi) is 11.2. The van der Waals surface area contributed by atoms with Gasteiger partial charge in [-0.25, -0.2) is 15.0 Å². The van der Waals surface area contributed by atoms with E-state index in [-0.39, 0.29) is 5.41 Å². The SMILES string of the molecule is Brc1ccc(Cn2cnc3ccccc32)cc1.CC(C)(C)c1ccc(Cn2cnc3ccccc32)cc1.Cc1ccc(Cn2cnc3ccccc32)cc1. The Morgan fingerprint density at radius 2 is 0.778 bits per heavy atom. The van der Waals surface area contributed by atoms with Gasteiger partial charge >= 0.3 is 0 Å². The first-order chi connectivity index (χ1) is 26.2. The lowest BCUT2D eigenvalue weighted by atomic mass is 9.87. The molecule has 0 aliphatic heterocycles. The van der Waals surface area contributed by atoms with Gasteiger partial charge in [0.15, 0.2) is 0 Å². The third-order valence-electron chi connectivity index (χ3n) is 9.49. The fourth-order valence-electron chi connectivity index (χ4n) is 6.39. The first-order valence-electron chi connectivity index (χ1n) is 18.3. The van der Waals surface area contributed by atoms with Gasteiger partial charge in [0.05, 0.1) is 52.1 Å². The highest BCUT2D eigenvalue weighted by Crippen LogP contribution is 2.23. The highest BCUT2D eigenvalue weighted by atomic mass is 79.9. The fourth-order valence-corrected chi connectivity index (χ4v) is 6.66. The van der Waals surface area contributed by atoms with Crippen LogP contribution >= 0.6 is 15.9 Å². The Morgan fingerprint density at radius 3 is 1.15 bits per heavy atom. The molecule has 0 aliphatic carbocycles. The minimum atomic E-state index is 0.209. The molecule has 9 rings (SSSR count). The van der Waals surface area contributed by atoms with E-state index in [1.54, 1.807) is 0 Å². The number of hydrogen-bond donors (Lipinski definition) is 0. The van der Waals surface area contributed by atoms with Crippen LogP contribution in [-0.2, 0) is 25.0 Å². The standard InChI is InChI=1S/C18H20N2.C15H14N2.C14H11BrN2/c1-18(2,3)15-10-8-14(9-11-15)12-20-13-19-16-6-4-5-7-17(16)20;1-12-6-8-13(9-7-12)10-17-11-16-14-4-2-3-5-15(14)17;15-12-7-5-11(6-8-12)9-17-10-16-13-3-1-2-4-14(13)17/h4-11,13H,12H2,1-3H3;2-9,11H,10H2,1H3;1-8,10H,9H2. The van der Waals surface area contributed by atoms with Crippen LogP contribution in [0.1, 0.15) is 48.6 Å². The number of nitrogens with zero attached hydrogens (tertiary/aromatic N) is 6. The van der Waals surface area contributed by atoms with Gasteiger partial charge < -0.3 is 13.7 Å². The quantitative estimate of drug-likeness (QED) is 0.169. The Balaban J connectivity index is 0.000000126. The largest absolute Gasteiger partial charge is 0.326 e. The minimum Gasteiger partial charge on any atom is -0.326 e. The lowest BCUT2D eigenvalue weighted by molar-refractivity contribution is 0.590. The molecule has 54 heavy (non-hydrogen) atoms. The molecule has 0 N–H and O–H groups in total. The molecule has 0 unspecified atom stereocenters. The molecule has 6 nitrogen and oxygen atoms in total. The van der Waals surface area contributed by atoms with Crippen molar-refractivity contribution < 1.29 is 0 Å². The van der Waals surface area contributed by atoms with Crippen molar-refractivity contribution in [3.8, 4) is 0 Å². The zero-order chi connectivity index (χ0) is 37.5. The van der Waals surface area contributed by atoms with Crippen LogP contribution in [0.2, 0.25) is 0 Å². The second-order valence-corrected chi connectivity index (χ2v) is 15.6. The molecule has 0 spiro atoms. The Bertz CT molecular complexity index is 2450. The predicted molar refractivity (Wildman–Crippen MR) is 227 cm³/mol. The summed E-state index contributed by atoms with van der Waals surface area (Å²) in [5.74, 6) is 0. The summed E-state index contributed by atoms with van der Waals surface area (Å²) in [6, 6.07) is 50.6. The number of imidazole rings is 3. The van der Waals surface area contributed by atoms with Gasteiger partial charge in [-0.2, -0.15) is 0 Å². The number of fused-ring (bicyclic) bond motifs is 3. The van der Waals surface area contributed by atoms with Crippen LogP contribution < -0.4 is 0 Å². The first kappa shape index (κ1) is 36.6. The second-order valence-electron chi connectivity index (χ2n) is 14.6. The van der Waals surface area contributed by atoms with E-state index in [9.17, 15) is 0 Å². The zero-order valence-corrected chi connectivity index (χ0v) is 32.9. The number of benzene rings is 6. The molecule has 9 aromatic rings. The number of halogens is 1. The van der Waals surface area contributed by atoms with Crippen LogP contribution in [0.5, 0.6) is 0 Å². The smallest absolute Gasteiger partial charge is 0.0961 e. The highest BCUT2D eigenvalue weighted by molar-refractivity contribution is 9.10. The normalized spacial score (nSPS) is 11.3. The molecule has 0 atom stereocenters. The molecule has 270 valence electrons. The highest BCUT2D eigenvalue weighted by Gasteiger charge is 2.13. The molecular weight excluding hydrogens is 728 g/mol. The van der Waals surface area contributed by atoms with Crippen LogP contribution in [0, 0.1) is 6.92 Å². The molecule has 0 saturated carbocycles. The van der Waals surface area contributed by atoms with Gasteiger partial charge in [0.2, 0.25) is 0 Å². The predicted octanol–water partition coefficient (Wildman–Crippen LogP) is 11.6. The molecular formula is C47H45BrN6. The summed E-state index contributed by atoms with van der Waals surface area (Å²) in [7, 11) is 0. The van der Waals surface area contributed by atoms with E-state index in [4.69, 9.17) is 0 Å². The summed E-state index contributed by atoms with van der Waals surface area (Å²) < 4.78 is 7.65. The Hall–Kier alpha value is -5.79. The number of hydrogen-bond acceptors (Lipinski definition) is 3. The van der Waals surface area contributed by atoms with Gasteiger partial charge in [-0.15, -0.1) is 0 Å². The third kappa shape index (κ3) is 9.04.